The quantitative estimate of drug-likeness (QED) is 0.784. The first-order valence-electron chi connectivity index (χ1n) is 6.17. The van der Waals surface area contributed by atoms with Crippen molar-refractivity contribution in [1.82, 2.24) is 10.2 Å². The zero-order valence-corrected chi connectivity index (χ0v) is 11.7. The van der Waals surface area contributed by atoms with Gasteiger partial charge in [0.1, 0.15) is 11.9 Å². The number of halogens is 4. The first kappa shape index (κ1) is 17.4. The van der Waals surface area contributed by atoms with Gasteiger partial charge in [0.15, 0.2) is 0 Å². The average molecular weight is 307 g/mol. The number of hydrogen-bond donors (Lipinski definition) is 2. The fraction of sp³-hybridized carbons (Fsp3) is 0.462. The minimum atomic E-state index is -4.83. The van der Waals surface area contributed by atoms with E-state index >= 15 is 0 Å². The molecular weight excluding hydrogens is 290 g/mol. The highest BCUT2D eigenvalue weighted by Gasteiger charge is 2.35. The second-order valence-electron chi connectivity index (χ2n) is 4.83. The van der Waals surface area contributed by atoms with Crippen LogP contribution in [0.2, 0.25) is 0 Å². The molecule has 0 heterocycles. The molecule has 0 saturated heterocycles. The molecule has 0 spiro atoms. The number of likely N-dealkylation sites (N-methyl/N-ethyl adjacent to an activating group) is 1. The molecule has 8 heteroatoms. The molecule has 1 aromatic carbocycles. The van der Waals surface area contributed by atoms with Crippen LogP contribution in [0.1, 0.15) is 17.2 Å². The number of carbonyl (C=O) groups is 1. The monoisotopic (exact) mass is 307 g/mol. The summed E-state index contributed by atoms with van der Waals surface area (Å²) >= 11 is 0. The van der Waals surface area contributed by atoms with Gasteiger partial charge in [0, 0.05) is 13.1 Å². The van der Waals surface area contributed by atoms with E-state index in [1.807, 2.05) is 4.90 Å². The third kappa shape index (κ3) is 4.98. The highest BCUT2D eigenvalue weighted by Crippen LogP contribution is 2.33. The van der Waals surface area contributed by atoms with E-state index < -0.39 is 29.5 Å². The zero-order chi connectivity index (χ0) is 16.2. The molecular formula is C13H17F4N3O. The topological polar surface area (TPSA) is 58.4 Å². The molecule has 0 aliphatic rings. The molecule has 0 fully saturated rings. The molecule has 4 nitrogen and oxygen atoms in total. The first-order chi connectivity index (χ1) is 9.62. The SMILES string of the molecule is CN(C)CCNC(C(N)=O)c1ccc(F)c(C(F)(F)F)c1. The van der Waals surface area contributed by atoms with Crippen LogP contribution in [0.5, 0.6) is 0 Å². The first-order valence-corrected chi connectivity index (χ1v) is 6.17. The molecule has 21 heavy (non-hydrogen) atoms. The number of nitrogens with two attached hydrogens (primary N) is 1. The van der Waals surface area contributed by atoms with Gasteiger partial charge in [-0.05, 0) is 31.8 Å². The molecule has 1 unspecified atom stereocenters. The van der Waals surface area contributed by atoms with E-state index in [0.717, 1.165) is 6.07 Å². The molecule has 0 aliphatic carbocycles. The van der Waals surface area contributed by atoms with Crippen molar-refractivity contribution in [3.8, 4) is 0 Å². The number of rotatable bonds is 6. The Labute approximate surface area is 119 Å². The summed E-state index contributed by atoms with van der Waals surface area (Å²) in [5, 5.41) is 2.76. The Hall–Kier alpha value is -1.67. The number of hydrogen-bond acceptors (Lipinski definition) is 3. The van der Waals surface area contributed by atoms with Crippen LogP contribution in [-0.4, -0.2) is 38.0 Å². The summed E-state index contributed by atoms with van der Waals surface area (Å²) in [6, 6.07) is 1.30. The number of benzene rings is 1. The number of nitrogens with zero attached hydrogens (tertiary/aromatic N) is 1. The molecule has 1 amide bonds. The summed E-state index contributed by atoms with van der Waals surface area (Å²) in [6.45, 7) is 0.913. The van der Waals surface area contributed by atoms with Gasteiger partial charge in [-0.15, -0.1) is 0 Å². The Morgan fingerprint density at radius 1 is 1.38 bits per heavy atom. The number of amides is 1. The van der Waals surface area contributed by atoms with Gasteiger partial charge in [0.25, 0.3) is 0 Å². The molecule has 1 atom stereocenters. The summed E-state index contributed by atoms with van der Waals surface area (Å²) in [4.78, 5) is 13.2. The smallest absolute Gasteiger partial charge is 0.368 e. The summed E-state index contributed by atoms with van der Waals surface area (Å²) in [6.07, 6.45) is -4.83. The van der Waals surface area contributed by atoms with Crippen molar-refractivity contribution in [3.63, 3.8) is 0 Å². The van der Waals surface area contributed by atoms with Crippen LogP contribution < -0.4 is 11.1 Å². The maximum absolute atomic E-state index is 13.2. The molecule has 118 valence electrons. The van der Waals surface area contributed by atoms with Crippen molar-refractivity contribution < 1.29 is 22.4 Å². The maximum Gasteiger partial charge on any atom is 0.419 e. The minimum Gasteiger partial charge on any atom is -0.368 e. The lowest BCUT2D eigenvalue weighted by Crippen LogP contribution is -2.37. The summed E-state index contributed by atoms with van der Waals surface area (Å²) < 4.78 is 51.2. The summed E-state index contributed by atoms with van der Waals surface area (Å²) in [5.41, 5.74) is 3.76. The molecule has 0 bridgehead atoms. The lowest BCUT2D eigenvalue weighted by molar-refractivity contribution is -0.140. The van der Waals surface area contributed by atoms with Crippen molar-refractivity contribution in [2.24, 2.45) is 5.73 Å². The van der Waals surface area contributed by atoms with E-state index in [1.54, 1.807) is 14.1 Å². The van der Waals surface area contributed by atoms with E-state index in [-0.39, 0.29) is 5.56 Å². The fourth-order valence-electron chi connectivity index (χ4n) is 1.75. The van der Waals surface area contributed by atoms with Gasteiger partial charge in [-0.3, -0.25) is 4.79 Å². The second-order valence-corrected chi connectivity index (χ2v) is 4.83. The van der Waals surface area contributed by atoms with Gasteiger partial charge >= 0.3 is 6.18 Å². The Balaban J connectivity index is 3.01. The van der Waals surface area contributed by atoms with Gasteiger partial charge in [-0.25, -0.2) is 4.39 Å². The van der Waals surface area contributed by atoms with Gasteiger partial charge < -0.3 is 16.0 Å². The van der Waals surface area contributed by atoms with Crippen LogP contribution in [0.25, 0.3) is 0 Å². The molecule has 1 aromatic rings. The molecule has 0 aromatic heterocycles. The van der Waals surface area contributed by atoms with E-state index in [4.69, 9.17) is 5.73 Å². The third-order valence-corrected chi connectivity index (χ3v) is 2.82. The molecule has 1 rings (SSSR count). The zero-order valence-electron chi connectivity index (χ0n) is 11.7. The highest BCUT2D eigenvalue weighted by atomic mass is 19.4. The predicted octanol–water partition coefficient (Wildman–Crippen LogP) is 1.52. The summed E-state index contributed by atoms with van der Waals surface area (Å²) in [7, 11) is 3.61. The van der Waals surface area contributed by atoms with E-state index in [0.29, 0.717) is 25.2 Å². The van der Waals surface area contributed by atoms with E-state index in [1.165, 1.54) is 0 Å². The van der Waals surface area contributed by atoms with Crippen molar-refractivity contribution in [3.05, 3.63) is 35.1 Å². The van der Waals surface area contributed by atoms with E-state index in [9.17, 15) is 22.4 Å². The Bertz CT molecular complexity index is 503. The van der Waals surface area contributed by atoms with Crippen LogP contribution in [0, 0.1) is 5.82 Å². The summed E-state index contributed by atoms with van der Waals surface area (Å²) in [5.74, 6) is -2.21. The van der Waals surface area contributed by atoms with Crippen LogP contribution >= 0.6 is 0 Å². The lowest BCUT2D eigenvalue weighted by Gasteiger charge is -2.19. The van der Waals surface area contributed by atoms with Crippen molar-refractivity contribution in [2.75, 3.05) is 27.2 Å². The largest absolute Gasteiger partial charge is 0.419 e. The number of nitrogens with one attached hydrogen (secondary N) is 1. The van der Waals surface area contributed by atoms with Gasteiger partial charge in [0.2, 0.25) is 5.91 Å². The van der Waals surface area contributed by atoms with Crippen LogP contribution in [0.15, 0.2) is 18.2 Å². The predicted molar refractivity (Wildman–Crippen MR) is 69.9 cm³/mol. The fourth-order valence-corrected chi connectivity index (χ4v) is 1.75. The van der Waals surface area contributed by atoms with Gasteiger partial charge in [0.05, 0.1) is 5.56 Å². The number of carbonyl (C=O) groups excluding carboxylic acids is 1. The molecule has 0 saturated carbocycles. The standard InChI is InChI=1S/C13H17F4N3O/c1-20(2)6-5-19-11(12(18)21)8-3-4-10(14)9(7-8)13(15,16)17/h3-4,7,11,19H,5-6H2,1-2H3,(H2,18,21). The van der Waals surface area contributed by atoms with Crippen LogP contribution in [-0.2, 0) is 11.0 Å². The highest BCUT2D eigenvalue weighted by molar-refractivity contribution is 5.81. The van der Waals surface area contributed by atoms with E-state index in [2.05, 4.69) is 5.32 Å². The van der Waals surface area contributed by atoms with Crippen LogP contribution in [0.4, 0.5) is 17.6 Å². The van der Waals surface area contributed by atoms with Gasteiger partial charge in [-0.1, -0.05) is 6.07 Å². The van der Waals surface area contributed by atoms with Crippen molar-refractivity contribution in [2.45, 2.75) is 12.2 Å². The molecule has 0 radical (unpaired) electrons. The number of alkyl halides is 3. The van der Waals surface area contributed by atoms with Crippen molar-refractivity contribution in [1.29, 1.82) is 0 Å². The van der Waals surface area contributed by atoms with Gasteiger partial charge in [-0.2, -0.15) is 13.2 Å². The van der Waals surface area contributed by atoms with Crippen molar-refractivity contribution >= 4 is 5.91 Å². The normalized spacial score (nSPS) is 13.5. The Morgan fingerprint density at radius 2 is 2.00 bits per heavy atom. The Morgan fingerprint density at radius 3 is 2.48 bits per heavy atom. The second kappa shape index (κ2) is 6.86. The third-order valence-electron chi connectivity index (χ3n) is 2.82. The minimum absolute atomic E-state index is 0.0185. The van der Waals surface area contributed by atoms with Crippen LogP contribution in [0.3, 0.4) is 0 Å². The Kier molecular flexibility index (Phi) is 5.68. The maximum atomic E-state index is 13.2. The average Bonchev–Trinajstić information content (AvgIpc) is 2.33. The molecule has 0 aliphatic heterocycles. The lowest BCUT2D eigenvalue weighted by atomic mass is 10.0. The molecule has 3 N–H and O–H groups in total. The number of primary amides is 1.